The molecule has 1 atom stereocenters. The minimum absolute atomic E-state index is 0.0405. The number of benzene rings is 1. The van der Waals surface area contributed by atoms with E-state index in [2.05, 4.69) is 15.0 Å². The zero-order chi connectivity index (χ0) is 20.5. The van der Waals surface area contributed by atoms with Crippen LogP contribution >= 0.6 is 11.6 Å². The van der Waals surface area contributed by atoms with Crippen LogP contribution in [0.3, 0.4) is 0 Å². The Morgan fingerprint density at radius 3 is 2.93 bits per heavy atom. The number of nitrogens with zero attached hydrogens (tertiary/aromatic N) is 3. The third kappa shape index (κ3) is 3.73. The van der Waals surface area contributed by atoms with Gasteiger partial charge in [-0.15, -0.1) is 5.10 Å². The third-order valence-corrected chi connectivity index (χ3v) is 5.56. The number of H-pyrrole nitrogens is 1. The lowest BCUT2D eigenvalue weighted by atomic mass is 10.0. The maximum absolute atomic E-state index is 12.9. The van der Waals surface area contributed by atoms with Crippen molar-refractivity contribution < 1.29 is 9.53 Å². The molecule has 8 nitrogen and oxygen atoms in total. The number of nitrogens with one attached hydrogen (secondary N) is 1. The Morgan fingerprint density at radius 2 is 2.21 bits per heavy atom. The molecule has 3 heterocycles. The van der Waals surface area contributed by atoms with Crippen molar-refractivity contribution in [2.75, 3.05) is 25.1 Å². The summed E-state index contributed by atoms with van der Waals surface area (Å²) in [6, 6.07) is 7.56. The number of hydrogen-bond donors (Lipinski definition) is 2. The van der Waals surface area contributed by atoms with E-state index < -0.39 is 11.5 Å². The molecule has 1 aliphatic rings. The van der Waals surface area contributed by atoms with Gasteiger partial charge < -0.3 is 20.4 Å². The summed E-state index contributed by atoms with van der Waals surface area (Å²) in [6.07, 6.45) is 3.82. The second kappa shape index (κ2) is 7.88. The van der Waals surface area contributed by atoms with Crippen LogP contribution < -0.4 is 16.2 Å². The number of aromatic nitrogens is 3. The zero-order valence-corrected chi connectivity index (χ0v) is 16.8. The predicted molar refractivity (Wildman–Crippen MR) is 111 cm³/mol. The van der Waals surface area contributed by atoms with Crippen LogP contribution in [0.25, 0.3) is 5.52 Å². The van der Waals surface area contributed by atoms with E-state index in [1.807, 2.05) is 24.3 Å². The molecule has 0 spiro atoms. The fourth-order valence-corrected chi connectivity index (χ4v) is 3.99. The van der Waals surface area contributed by atoms with Gasteiger partial charge in [-0.3, -0.25) is 4.79 Å². The van der Waals surface area contributed by atoms with Crippen molar-refractivity contribution >= 4 is 28.9 Å². The summed E-state index contributed by atoms with van der Waals surface area (Å²) in [7, 11) is 1.26. The molecule has 29 heavy (non-hydrogen) atoms. The van der Waals surface area contributed by atoms with Crippen molar-refractivity contribution in [1.29, 1.82) is 0 Å². The van der Waals surface area contributed by atoms with Crippen molar-refractivity contribution in [3.05, 3.63) is 62.7 Å². The van der Waals surface area contributed by atoms with E-state index in [1.165, 1.54) is 17.8 Å². The number of rotatable bonds is 4. The van der Waals surface area contributed by atoms with Gasteiger partial charge in [0.25, 0.3) is 5.56 Å². The number of aromatic amines is 1. The van der Waals surface area contributed by atoms with Gasteiger partial charge in [0.15, 0.2) is 5.82 Å². The smallest absolute Gasteiger partial charge is 0.356 e. The van der Waals surface area contributed by atoms with Gasteiger partial charge in [0.2, 0.25) is 0 Å². The highest BCUT2D eigenvalue weighted by Gasteiger charge is 2.26. The molecule has 1 aromatic carbocycles. The Bertz CT molecular complexity index is 1120. The number of nitrogens with two attached hydrogens (primary N) is 1. The minimum atomic E-state index is -0.631. The number of hydrogen-bond acceptors (Lipinski definition) is 6. The molecule has 3 aromatic rings. The summed E-state index contributed by atoms with van der Waals surface area (Å²) in [5.74, 6) is 0.0567. The first kappa shape index (κ1) is 19.5. The molecule has 0 unspecified atom stereocenters. The first-order valence-corrected chi connectivity index (χ1v) is 9.82. The maximum Gasteiger partial charge on any atom is 0.356 e. The minimum Gasteiger partial charge on any atom is -0.464 e. The molecule has 1 saturated heterocycles. The van der Waals surface area contributed by atoms with E-state index in [4.69, 9.17) is 22.1 Å². The Labute approximate surface area is 172 Å². The van der Waals surface area contributed by atoms with Crippen LogP contribution in [0.15, 0.2) is 35.3 Å². The van der Waals surface area contributed by atoms with Crippen LogP contribution in [0, 0.1) is 0 Å². The standard InChI is InChI=1S/C20H22ClN5O3/c1-29-20(28)16-11-26-17(19(27)23-16)14(9-12-5-2-3-7-15(12)21)18(24-26)25-8-4-6-13(22)10-25/h2-3,5,7,11,13H,4,6,8-10,22H2,1H3,(H,23,27)/t13-/m1/s1. The number of methoxy groups -OCH3 is 1. The van der Waals surface area contributed by atoms with E-state index in [1.54, 1.807) is 0 Å². The van der Waals surface area contributed by atoms with Gasteiger partial charge in [-0.1, -0.05) is 29.8 Å². The van der Waals surface area contributed by atoms with Crippen LogP contribution in [0.2, 0.25) is 5.02 Å². The van der Waals surface area contributed by atoms with Crippen molar-refractivity contribution in [3.8, 4) is 0 Å². The molecule has 4 rings (SSSR count). The summed E-state index contributed by atoms with van der Waals surface area (Å²) in [5.41, 5.74) is 7.83. The van der Waals surface area contributed by atoms with Crippen LogP contribution in [-0.4, -0.2) is 46.8 Å². The monoisotopic (exact) mass is 415 g/mol. The first-order chi connectivity index (χ1) is 14.0. The second-order valence-corrected chi connectivity index (χ2v) is 7.61. The predicted octanol–water partition coefficient (Wildman–Crippen LogP) is 1.98. The highest BCUT2D eigenvalue weighted by Crippen LogP contribution is 2.29. The molecule has 0 amide bonds. The van der Waals surface area contributed by atoms with Crippen molar-refractivity contribution in [2.45, 2.75) is 25.3 Å². The van der Waals surface area contributed by atoms with Gasteiger partial charge in [-0.05, 0) is 24.5 Å². The van der Waals surface area contributed by atoms with Gasteiger partial charge in [-0.2, -0.15) is 0 Å². The van der Waals surface area contributed by atoms with E-state index in [9.17, 15) is 9.59 Å². The summed E-state index contributed by atoms with van der Waals surface area (Å²) >= 11 is 6.37. The number of carbonyl (C=O) groups is 1. The van der Waals surface area contributed by atoms with Gasteiger partial charge in [-0.25, -0.2) is 9.31 Å². The summed E-state index contributed by atoms with van der Waals surface area (Å²) in [4.78, 5) is 29.5. The number of fused-ring (bicyclic) bond motifs is 1. The Kier molecular flexibility index (Phi) is 5.29. The molecule has 0 aliphatic carbocycles. The molecule has 3 N–H and O–H groups in total. The largest absolute Gasteiger partial charge is 0.464 e. The average molecular weight is 416 g/mol. The highest BCUT2D eigenvalue weighted by molar-refractivity contribution is 6.31. The van der Waals surface area contributed by atoms with Crippen molar-refractivity contribution in [3.63, 3.8) is 0 Å². The SMILES string of the molecule is COC(=O)c1cn2nc(N3CCC[C@@H](N)C3)c(Cc3ccccc3Cl)c2c(=O)[nH]1. The highest BCUT2D eigenvalue weighted by atomic mass is 35.5. The van der Waals surface area contributed by atoms with Crippen LogP contribution in [0.5, 0.6) is 0 Å². The lowest BCUT2D eigenvalue weighted by Crippen LogP contribution is -2.43. The van der Waals surface area contributed by atoms with E-state index in [-0.39, 0.29) is 11.7 Å². The summed E-state index contributed by atoms with van der Waals surface area (Å²) < 4.78 is 6.18. The summed E-state index contributed by atoms with van der Waals surface area (Å²) in [6.45, 7) is 1.45. The van der Waals surface area contributed by atoms with Gasteiger partial charge in [0, 0.05) is 36.1 Å². The number of carbonyl (C=O) groups excluding carboxylic acids is 1. The molecule has 0 saturated carbocycles. The van der Waals surface area contributed by atoms with Crippen LogP contribution in [0.1, 0.15) is 34.5 Å². The third-order valence-electron chi connectivity index (χ3n) is 5.19. The molecule has 2 aromatic heterocycles. The van der Waals surface area contributed by atoms with Gasteiger partial charge >= 0.3 is 5.97 Å². The number of esters is 1. The summed E-state index contributed by atoms with van der Waals surface area (Å²) in [5, 5.41) is 5.27. The number of anilines is 1. The molecule has 1 fully saturated rings. The second-order valence-electron chi connectivity index (χ2n) is 7.20. The normalized spacial score (nSPS) is 16.9. The number of ether oxygens (including phenoxy) is 1. The molecule has 1 aliphatic heterocycles. The number of halogens is 1. The van der Waals surface area contributed by atoms with Crippen LogP contribution in [-0.2, 0) is 11.2 Å². The quantitative estimate of drug-likeness (QED) is 0.631. The van der Waals surface area contributed by atoms with E-state index >= 15 is 0 Å². The Balaban J connectivity index is 1.89. The van der Waals surface area contributed by atoms with Gasteiger partial charge in [0.1, 0.15) is 11.2 Å². The van der Waals surface area contributed by atoms with Gasteiger partial charge in [0.05, 0.1) is 13.3 Å². The fraction of sp³-hybridized carbons (Fsp3) is 0.350. The van der Waals surface area contributed by atoms with E-state index in [0.717, 1.165) is 30.5 Å². The zero-order valence-electron chi connectivity index (χ0n) is 16.0. The Morgan fingerprint density at radius 1 is 1.41 bits per heavy atom. The first-order valence-electron chi connectivity index (χ1n) is 9.44. The average Bonchev–Trinajstić information content (AvgIpc) is 3.08. The molecule has 0 radical (unpaired) electrons. The number of piperidine rings is 1. The molecule has 9 heteroatoms. The lowest BCUT2D eigenvalue weighted by Gasteiger charge is -2.31. The van der Waals surface area contributed by atoms with Crippen LogP contribution in [0.4, 0.5) is 5.82 Å². The lowest BCUT2D eigenvalue weighted by molar-refractivity contribution is 0.0593. The molecule has 152 valence electrons. The van der Waals surface area contributed by atoms with Crippen molar-refractivity contribution in [2.24, 2.45) is 5.73 Å². The maximum atomic E-state index is 12.9. The molecule has 0 bridgehead atoms. The Hall–Kier alpha value is -2.84. The van der Waals surface area contributed by atoms with Crippen molar-refractivity contribution in [1.82, 2.24) is 14.6 Å². The topological polar surface area (TPSA) is 106 Å². The fourth-order valence-electron chi connectivity index (χ4n) is 3.79. The molecular formula is C20H22ClN5O3. The molecular weight excluding hydrogens is 394 g/mol. The van der Waals surface area contributed by atoms with E-state index in [0.29, 0.717) is 29.3 Å².